The van der Waals surface area contributed by atoms with Crippen molar-refractivity contribution in [3.8, 4) is 5.75 Å². The van der Waals surface area contributed by atoms with Crippen LogP contribution in [0, 0.1) is 0 Å². The zero-order chi connectivity index (χ0) is 19.8. The first-order valence-corrected chi connectivity index (χ1v) is 8.53. The molecule has 0 fully saturated rings. The molecule has 1 N–H and O–H groups in total. The molecule has 28 heavy (non-hydrogen) atoms. The summed E-state index contributed by atoms with van der Waals surface area (Å²) in [6, 6.07) is 15.6. The minimum Gasteiger partial charge on any atom is -0.495 e. The van der Waals surface area contributed by atoms with Gasteiger partial charge < -0.3 is 14.8 Å². The Kier molecular flexibility index (Phi) is 6.29. The van der Waals surface area contributed by atoms with Crippen LogP contribution in [-0.4, -0.2) is 45.8 Å². The average Bonchev–Trinajstić information content (AvgIpc) is 3.26. The average molecular weight is 381 g/mol. The summed E-state index contributed by atoms with van der Waals surface area (Å²) in [5, 5.41) is 13.6. The topological polar surface area (TPSA) is 108 Å². The van der Waals surface area contributed by atoms with E-state index in [-0.39, 0.29) is 0 Å². The van der Waals surface area contributed by atoms with Crippen LogP contribution in [0.2, 0.25) is 0 Å². The predicted octanol–water partition coefficient (Wildman–Crippen LogP) is 1.65. The molecule has 9 nitrogen and oxygen atoms in total. The lowest BCUT2D eigenvalue weighted by Gasteiger charge is -2.16. The smallest absolute Gasteiger partial charge is 0.331 e. The summed E-state index contributed by atoms with van der Waals surface area (Å²) in [6.45, 7) is -0.440. The maximum atomic E-state index is 12.6. The fourth-order valence-electron chi connectivity index (χ4n) is 2.60. The van der Waals surface area contributed by atoms with E-state index in [1.54, 1.807) is 24.3 Å². The van der Waals surface area contributed by atoms with E-state index in [1.807, 2.05) is 30.3 Å². The van der Waals surface area contributed by atoms with E-state index in [1.165, 1.54) is 18.1 Å². The number of esters is 1. The molecule has 0 spiro atoms. The van der Waals surface area contributed by atoms with E-state index in [2.05, 4.69) is 20.8 Å². The number of hydrogen-bond acceptors (Lipinski definition) is 7. The summed E-state index contributed by atoms with van der Waals surface area (Å²) in [6.07, 6.45) is 1.67. The van der Waals surface area contributed by atoms with Crippen molar-refractivity contribution in [1.82, 2.24) is 20.2 Å². The molecule has 1 amide bonds. The predicted molar refractivity (Wildman–Crippen MR) is 99.6 cm³/mol. The fraction of sp³-hybridized carbons (Fsp3) is 0.211. The van der Waals surface area contributed by atoms with Crippen molar-refractivity contribution in [3.05, 3.63) is 66.5 Å². The molecule has 0 aliphatic carbocycles. The third kappa shape index (κ3) is 4.91. The Hall–Kier alpha value is -3.75. The first-order chi connectivity index (χ1) is 13.7. The van der Waals surface area contributed by atoms with Crippen LogP contribution in [0.1, 0.15) is 11.6 Å². The molecule has 1 aromatic heterocycles. The number of carbonyl (C=O) groups is 2. The number of hydrogen-bond donors (Lipinski definition) is 1. The van der Waals surface area contributed by atoms with Gasteiger partial charge in [0.1, 0.15) is 12.1 Å². The Morgan fingerprint density at radius 3 is 2.57 bits per heavy atom. The van der Waals surface area contributed by atoms with Crippen LogP contribution in [-0.2, 0) is 20.7 Å². The second kappa shape index (κ2) is 9.26. The van der Waals surface area contributed by atoms with Gasteiger partial charge in [-0.05, 0) is 28.1 Å². The highest BCUT2D eigenvalue weighted by molar-refractivity contribution is 5.94. The second-order valence-electron chi connectivity index (χ2n) is 5.85. The normalized spacial score (nSPS) is 11.5. The highest BCUT2D eigenvalue weighted by Gasteiger charge is 2.24. The summed E-state index contributed by atoms with van der Waals surface area (Å²) in [5.41, 5.74) is 1.41. The summed E-state index contributed by atoms with van der Waals surface area (Å²) < 4.78 is 11.7. The van der Waals surface area contributed by atoms with Crippen LogP contribution in [0.4, 0.5) is 5.69 Å². The summed E-state index contributed by atoms with van der Waals surface area (Å²) >= 11 is 0. The standard InChI is InChI=1S/C19H19N5O4/c1-27-17-10-6-5-9-15(17)21-18(25)12-28-19(26)16(24-13-20-22-23-24)11-14-7-3-2-4-8-14/h2-10,13,16H,11-12H2,1H3,(H,21,25)/t16-/m1/s1. The van der Waals surface area contributed by atoms with Gasteiger partial charge in [0.2, 0.25) is 0 Å². The Balaban J connectivity index is 1.62. The van der Waals surface area contributed by atoms with Crippen molar-refractivity contribution in [3.63, 3.8) is 0 Å². The number of nitrogens with one attached hydrogen (secondary N) is 1. The highest BCUT2D eigenvalue weighted by atomic mass is 16.5. The highest BCUT2D eigenvalue weighted by Crippen LogP contribution is 2.23. The maximum absolute atomic E-state index is 12.6. The Bertz CT molecular complexity index is 915. The molecule has 9 heteroatoms. The van der Waals surface area contributed by atoms with Crippen LogP contribution in [0.5, 0.6) is 5.75 Å². The molecule has 0 aliphatic heterocycles. The maximum Gasteiger partial charge on any atom is 0.331 e. The molecule has 1 atom stereocenters. The van der Waals surface area contributed by atoms with Crippen molar-refractivity contribution < 1.29 is 19.1 Å². The Morgan fingerprint density at radius 1 is 1.11 bits per heavy atom. The molecule has 2 aromatic carbocycles. The number of anilines is 1. The number of nitrogens with zero attached hydrogens (tertiary/aromatic N) is 4. The number of para-hydroxylation sites is 2. The van der Waals surface area contributed by atoms with Gasteiger partial charge in [-0.25, -0.2) is 9.48 Å². The number of methoxy groups -OCH3 is 1. The third-order valence-electron chi connectivity index (χ3n) is 3.95. The first-order valence-electron chi connectivity index (χ1n) is 8.53. The molecule has 3 rings (SSSR count). The number of tetrazole rings is 1. The van der Waals surface area contributed by atoms with Crippen LogP contribution in [0.25, 0.3) is 0 Å². The van der Waals surface area contributed by atoms with Gasteiger partial charge in [-0.3, -0.25) is 4.79 Å². The number of aromatic nitrogens is 4. The minimum absolute atomic E-state index is 0.332. The van der Waals surface area contributed by atoms with Gasteiger partial charge in [0.25, 0.3) is 5.91 Å². The van der Waals surface area contributed by atoms with Gasteiger partial charge in [-0.2, -0.15) is 0 Å². The number of carbonyl (C=O) groups excluding carboxylic acids is 2. The van der Waals surface area contributed by atoms with E-state index >= 15 is 0 Å². The van der Waals surface area contributed by atoms with E-state index in [9.17, 15) is 9.59 Å². The van der Waals surface area contributed by atoms with Crippen LogP contribution >= 0.6 is 0 Å². The summed E-state index contributed by atoms with van der Waals surface area (Å²) in [5.74, 6) is -0.572. The molecule has 0 saturated heterocycles. The van der Waals surface area contributed by atoms with Gasteiger partial charge in [0.15, 0.2) is 12.6 Å². The molecule has 3 aromatic rings. The van der Waals surface area contributed by atoms with Crippen LogP contribution < -0.4 is 10.1 Å². The quantitative estimate of drug-likeness (QED) is 0.591. The van der Waals surface area contributed by atoms with Crippen molar-refractivity contribution in [2.75, 3.05) is 19.0 Å². The van der Waals surface area contributed by atoms with E-state index < -0.39 is 24.5 Å². The van der Waals surface area contributed by atoms with Crippen LogP contribution in [0.3, 0.4) is 0 Å². The van der Waals surface area contributed by atoms with Gasteiger partial charge in [0, 0.05) is 6.42 Å². The van der Waals surface area contributed by atoms with Gasteiger partial charge in [-0.1, -0.05) is 42.5 Å². The molecular weight excluding hydrogens is 362 g/mol. The second-order valence-corrected chi connectivity index (χ2v) is 5.85. The molecule has 0 unspecified atom stereocenters. The Morgan fingerprint density at radius 2 is 1.86 bits per heavy atom. The molecule has 0 saturated carbocycles. The van der Waals surface area contributed by atoms with E-state index in [0.717, 1.165) is 5.56 Å². The Labute approximate surface area is 161 Å². The van der Waals surface area contributed by atoms with Gasteiger partial charge in [-0.15, -0.1) is 5.10 Å². The zero-order valence-corrected chi connectivity index (χ0v) is 15.2. The minimum atomic E-state index is -0.781. The van der Waals surface area contributed by atoms with Crippen molar-refractivity contribution >= 4 is 17.6 Å². The largest absolute Gasteiger partial charge is 0.495 e. The van der Waals surface area contributed by atoms with Crippen molar-refractivity contribution in [1.29, 1.82) is 0 Å². The van der Waals surface area contributed by atoms with Crippen LogP contribution in [0.15, 0.2) is 60.9 Å². The number of ether oxygens (including phenoxy) is 2. The lowest BCUT2D eigenvalue weighted by atomic mass is 10.1. The lowest BCUT2D eigenvalue weighted by molar-refractivity contribution is -0.151. The third-order valence-corrected chi connectivity index (χ3v) is 3.95. The molecule has 1 heterocycles. The molecule has 0 radical (unpaired) electrons. The lowest BCUT2D eigenvalue weighted by Crippen LogP contribution is -2.28. The number of amides is 1. The molecule has 144 valence electrons. The van der Waals surface area contributed by atoms with Crippen molar-refractivity contribution in [2.45, 2.75) is 12.5 Å². The van der Waals surface area contributed by atoms with Gasteiger partial charge in [0.05, 0.1) is 12.8 Å². The first kappa shape index (κ1) is 19.0. The zero-order valence-electron chi connectivity index (χ0n) is 15.2. The molecule has 0 aliphatic rings. The summed E-state index contributed by atoms with van der Waals surface area (Å²) in [7, 11) is 1.51. The number of rotatable bonds is 8. The monoisotopic (exact) mass is 381 g/mol. The fourth-order valence-corrected chi connectivity index (χ4v) is 2.60. The van der Waals surface area contributed by atoms with Gasteiger partial charge >= 0.3 is 5.97 Å². The SMILES string of the molecule is COc1ccccc1NC(=O)COC(=O)[C@@H](Cc1ccccc1)n1cnnn1. The molecule has 0 bridgehead atoms. The van der Waals surface area contributed by atoms with E-state index in [0.29, 0.717) is 17.9 Å². The molecular formula is C19H19N5O4. The summed E-state index contributed by atoms with van der Waals surface area (Å²) in [4.78, 5) is 24.7. The van der Waals surface area contributed by atoms with E-state index in [4.69, 9.17) is 9.47 Å². The number of benzene rings is 2. The van der Waals surface area contributed by atoms with Crippen molar-refractivity contribution in [2.24, 2.45) is 0 Å².